The lowest BCUT2D eigenvalue weighted by atomic mass is 10.1. The number of halogens is 2. The Morgan fingerprint density at radius 2 is 2.20 bits per heavy atom. The normalized spacial score (nSPS) is 21.9. The van der Waals surface area contributed by atoms with Gasteiger partial charge in [0.1, 0.15) is 5.75 Å². The van der Waals surface area contributed by atoms with Gasteiger partial charge in [-0.2, -0.15) is 8.78 Å². The maximum Gasteiger partial charge on any atom is 0.387 e. The maximum absolute atomic E-state index is 12.4. The van der Waals surface area contributed by atoms with E-state index in [2.05, 4.69) is 9.64 Å². The summed E-state index contributed by atoms with van der Waals surface area (Å²) >= 11 is 0. The molecule has 1 aromatic carbocycles. The summed E-state index contributed by atoms with van der Waals surface area (Å²) in [4.78, 5) is 2.18. The zero-order chi connectivity index (χ0) is 14.5. The van der Waals surface area contributed by atoms with Crippen molar-refractivity contribution in [1.82, 2.24) is 4.90 Å². The zero-order valence-electron chi connectivity index (χ0n) is 11.5. The molecule has 1 saturated heterocycles. The summed E-state index contributed by atoms with van der Waals surface area (Å²) in [6.45, 7) is 2.03. The van der Waals surface area contributed by atoms with Gasteiger partial charge in [-0.15, -0.1) is 0 Å². The summed E-state index contributed by atoms with van der Waals surface area (Å²) < 4.78 is 34.8. The predicted molar refractivity (Wildman–Crippen MR) is 71.9 cm³/mol. The van der Waals surface area contributed by atoms with Crippen molar-refractivity contribution in [2.45, 2.75) is 25.7 Å². The number of nitrogens with two attached hydrogens (primary N) is 1. The Balaban J connectivity index is 2.02. The Bertz CT molecular complexity index is 431. The van der Waals surface area contributed by atoms with Crippen LogP contribution in [0.1, 0.15) is 18.5 Å². The van der Waals surface area contributed by atoms with Crippen molar-refractivity contribution in [1.29, 1.82) is 0 Å². The summed E-state index contributed by atoms with van der Waals surface area (Å²) in [6, 6.07) is 6.31. The Labute approximate surface area is 117 Å². The monoisotopic (exact) mass is 286 g/mol. The molecule has 20 heavy (non-hydrogen) atoms. The topological polar surface area (TPSA) is 47.7 Å². The number of para-hydroxylation sites is 1. The van der Waals surface area contributed by atoms with Gasteiger partial charge < -0.3 is 15.2 Å². The minimum absolute atomic E-state index is 0.149. The Kier molecular flexibility index (Phi) is 5.28. The Hall–Kier alpha value is -1.24. The summed E-state index contributed by atoms with van der Waals surface area (Å²) in [5.74, 6) is 0.149. The molecule has 1 aromatic rings. The quantitative estimate of drug-likeness (QED) is 0.899. The third-order valence-corrected chi connectivity index (χ3v) is 3.31. The van der Waals surface area contributed by atoms with Gasteiger partial charge in [-0.05, 0) is 13.0 Å². The largest absolute Gasteiger partial charge is 0.434 e. The van der Waals surface area contributed by atoms with Crippen LogP contribution in [0.3, 0.4) is 0 Å². The molecule has 0 saturated carbocycles. The fraction of sp³-hybridized carbons (Fsp3) is 0.571. The molecule has 0 aromatic heterocycles. The van der Waals surface area contributed by atoms with E-state index in [0.29, 0.717) is 18.7 Å². The number of rotatable bonds is 5. The second kappa shape index (κ2) is 6.97. The lowest BCUT2D eigenvalue weighted by Gasteiger charge is -2.33. The van der Waals surface area contributed by atoms with E-state index in [-0.39, 0.29) is 17.9 Å². The van der Waals surface area contributed by atoms with Crippen molar-refractivity contribution in [3.63, 3.8) is 0 Å². The first-order valence-corrected chi connectivity index (χ1v) is 6.69. The molecular weight excluding hydrogens is 266 g/mol. The van der Waals surface area contributed by atoms with Gasteiger partial charge in [0, 0.05) is 31.2 Å². The molecular formula is C14H20F2N2O2. The molecule has 0 bridgehead atoms. The average molecular weight is 286 g/mol. The van der Waals surface area contributed by atoms with Crippen LogP contribution in [0.25, 0.3) is 0 Å². The standard InChI is InChI=1S/C14H20F2N2O2/c1-10-8-18(6-7-19-10)9-12(17)11-4-2-3-5-13(11)20-14(15)16/h2-5,10,12,14H,6-9,17H2,1H3. The van der Waals surface area contributed by atoms with Crippen molar-refractivity contribution in [2.24, 2.45) is 5.73 Å². The number of ether oxygens (including phenoxy) is 2. The molecule has 0 radical (unpaired) electrons. The van der Waals surface area contributed by atoms with Crippen molar-refractivity contribution >= 4 is 0 Å². The number of benzene rings is 1. The van der Waals surface area contributed by atoms with E-state index in [4.69, 9.17) is 10.5 Å². The van der Waals surface area contributed by atoms with Crippen LogP contribution in [0.4, 0.5) is 8.78 Å². The first kappa shape index (κ1) is 15.2. The molecule has 1 aliphatic heterocycles. The summed E-state index contributed by atoms with van der Waals surface area (Å²) in [5, 5.41) is 0. The number of nitrogens with zero attached hydrogens (tertiary/aromatic N) is 1. The summed E-state index contributed by atoms with van der Waals surface area (Å²) in [6.07, 6.45) is 0.170. The van der Waals surface area contributed by atoms with Crippen LogP contribution in [-0.4, -0.2) is 43.9 Å². The minimum Gasteiger partial charge on any atom is -0.434 e. The van der Waals surface area contributed by atoms with Gasteiger partial charge in [0.05, 0.1) is 12.7 Å². The number of morpholine rings is 1. The van der Waals surface area contributed by atoms with Gasteiger partial charge in [-0.1, -0.05) is 18.2 Å². The number of hydrogen-bond acceptors (Lipinski definition) is 4. The summed E-state index contributed by atoms with van der Waals surface area (Å²) in [5.41, 5.74) is 6.74. The fourth-order valence-electron chi connectivity index (χ4n) is 2.42. The third kappa shape index (κ3) is 4.13. The SMILES string of the molecule is CC1CN(CC(N)c2ccccc2OC(F)F)CCO1. The van der Waals surface area contributed by atoms with E-state index < -0.39 is 6.61 Å². The maximum atomic E-state index is 12.4. The molecule has 0 amide bonds. The highest BCUT2D eigenvalue weighted by molar-refractivity contribution is 5.36. The predicted octanol–water partition coefficient (Wildman–Crippen LogP) is 2.01. The molecule has 2 atom stereocenters. The van der Waals surface area contributed by atoms with Crippen LogP contribution in [0.5, 0.6) is 5.75 Å². The molecule has 0 aliphatic carbocycles. The van der Waals surface area contributed by atoms with E-state index in [1.54, 1.807) is 18.2 Å². The molecule has 1 heterocycles. The van der Waals surface area contributed by atoms with Crippen molar-refractivity contribution in [2.75, 3.05) is 26.2 Å². The second-order valence-electron chi connectivity index (χ2n) is 4.96. The van der Waals surface area contributed by atoms with Gasteiger partial charge in [-0.3, -0.25) is 4.90 Å². The van der Waals surface area contributed by atoms with Gasteiger partial charge in [-0.25, -0.2) is 0 Å². The molecule has 6 heteroatoms. The lowest BCUT2D eigenvalue weighted by Crippen LogP contribution is -2.44. The van der Waals surface area contributed by atoms with Crippen LogP contribution in [-0.2, 0) is 4.74 Å². The highest BCUT2D eigenvalue weighted by Crippen LogP contribution is 2.26. The van der Waals surface area contributed by atoms with Gasteiger partial charge in [0.15, 0.2) is 0 Å². The molecule has 4 nitrogen and oxygen atoms in total. The molecule has 2 unspecified atom stereocenters. The average Bonchev–Trinajstić information content (AvgIpc) is 2.38. The zero-order valence-corrected chi connectivity index (χ0v) is 11.5. The smallest absolute Gasteiger partial charge is 0.387 e. The number of hydrogen-bond donors (Lipinski definition) is 1. The highest BCUT2D eigenvalue weighted by Gasteiger charge is 2.21. The molecule has 1 fully saturated rings. The van der Waals surface area contributed by atoms with Crippen molar-refractivity contribution in [3.8, 4) is 5.75 Å². The van der Waals surface area contributed by atoms with Crippen LogP contribution >= 0.6 is 0 Å². The van der Waals surface area contributed by atoms with Gasteiger partial charge in [0.25, 0.3) is 0 Å². The first-order valence-electron chi connectivity index (χ1n) is 6.69. The van der Waals surface area contributed by atoms with Gasteiger partial charge in [0.2, 0.25) is 0 Å². The van der Waals surface area contributed by atoms with Gasteiger partial charge >= 0.3 is 6.61 Å². The van der Waals surface area contributed by atoms with Crippen LogP contribution in [0, 0.1) is 0 Å². The molecule has 112 valence electrons. The van der Waals surface area contributed by atoms with Crippen LogP contribution in [0.15, 0.2) is 24.3 Å². The van der Waals surface area contributed by atoms with Crippen molar-refractivity contribution < 1.29 is 18.3 Å². The fourth-order valence-corrected chi connectivity index (χ4v) is 2.42. The van der Waals surface area contributed by atoms with E-state index in [1.807, 2.05) is 6.92 Å². The number of alkyl halides is 2. The van der Waals surface area contributed by atoms with Crippen LogP contribution in [0.2, 0.25) is 0 Å². The van der Waals surface area contributed by atoms with Crippen molar-refractivity contribution in [3.05, 3.63) is 29.8 Å². The van der Waals surface area contributed by atoms with E-state index in [1.165, 1.54) is 6.07 Å². The Morgan fingerprint density at radius 3 is 2.90 bits per heavy atom. The lowest BCUT2D eigenvalue weighted by molar-refractivity contribution is -0.0509. The first-order chi connectivity index (χ1) is 9.56. The van der Waals surface area contributed by atoms with E-state index >= 15 is 0 Å². The van der Waals surface area contributed by atoms with E-state index in [9.17, 15) is 8.78 Å². The molecule has 1 aliphatic rings. The second-order valence-corrected chi connectivity index (χ2v) is 4.96. The summed E-state index contributed by atoms with van der Waals surface area (Å²) in [7, 11) is 0. The molecule has 2 N–H and O–H groups in total. The molecule has 2 rings (SSSR count). The highest BCUT2D eigenvalue weighted by atomic mass is 19.3. The minimum atomic E-state index is -2.84. The molecule has 0 spiro atoms. The van der Waals surface area contributed by atoms with E-state index in [0.717, 1.165) is 13.1 Å². The van der Waals surface area contributed by atoms with Crippen LogP contribution < -0.4 is 10.5 Å². The Morgan fingerprint density at radius 1 is 1.45 bits per heavy atom. The third-order valence-electron chi connectivity index (χ3n) is 3.31.